The minimum Gasteiger partial charge on any atom is -0.344 e. The van der Waals surface area contributed by atoms with Gasteiger partial charge in [0.25, 0.3) is 5.56 Å². The van der Waals surface area contributed by atoms with E-state index >= 15 is 0 Å². The molecule has 0 aliphatic rings. The summed E-state index contributed by atoms with van der Waals surface area (Å²) in [4.78, 5) is 34.9. The van der Waals surface area contributed by atoms with Crippen molar-refractivity contribution in [2.24, 2.45) is 5.92 Å². The molecule has 19 heavy (non-hydrogen) atoms. The van der Waals surface area contributed by atoms with Crippen molar-refractivity contribution < 1.29 is 9.59 Å². The summed E-state index contributed by atoms with van der Waals surface area (Å²) < 4.78 is 1.32. The van der Waals surface area contributed by atoms with Crippen LogP contribution in [0.15, 0.2) is 23.1 Å². The van der Waals surface area contributed by atoms with Gasteiger partial charge in [0.1, 0.15) is 6.54 Å². The molecule has 0 saturated heterocycles. The summed E-state index contributed by atoms with van der Waals surface area (Å²) in [7, 11) is 0. The Morgan fingerprint density at radius 1 is 1.37 bits per heavy atom. The fraction of sp³-hybridized carbons (Fsp3) is 0.500. The summed E-state index contributed by atoms with van der Waals surface area (Å²) in [6.07, 6.45) is 1.58. The molecule has 1 rings (SSSR count). The lowest BCUT2D eigenvalue weighted by Crippen LogP contribution is -2.45. The molecule has 1 atom stereocenters. The maximum absolute atomic E-state index is 11.8. The van der Waals surface area contributed by atoms with Crippen molar-refractivity contribution in [1.29, 1.82) is 0 Å². The molecule has 0 fully saturated rings. The topological polar surface area (TPSA) is 68.2 Å². The summed E-state index contributed by atoms with van der Waals surface area (Å²) in [6.45, 7) is 6.92. The minimum absolute atomic E-state index is 0.0242. The molecule has 5 heteroatoms. The number of aryl methyl sites for hydroxylation is 1. The van der Waals surface area contributed by atoms with Gasteiger partial charge in [-0.2, -0.15) is 0 Å². The molecule has 0 spiro atoms. The van der Waals surface area contributed by atoms with Gasteiger partial charge in [0, 0.05) is 12.3 Å². The average Bonchev–Trinajstić information content (AvgIpc) is 2.29. The van der Waals surface area contributed by atoms with Crippen molar-refractivity contribution >= 4 is 11.7 Å². The first-order valence-electron chi connectivity index (χ1n) is 6.28. The third-order valence-corrected chi connectivity index (χ3v) is 2.89. The highest BCUT2D eigenvalue weighted by atomic mass is 16.2. The third kappa shape index (κ3) is 4.35. The number of carbonyl (C=O) groups is 2. The van der Waals surface area contributed by atoms with Gasteiger partial charge in [-0.15, -0.1) is 0 Å². The van der Waals surface area contributed by atoms with Gasteiger partial charge in [-0.05, 0) is 31.4 Å². The molecular formula is C14H20N2O3. The van der Waals surface area contributed by atoms with E-state index in [1.807, 2.05) is 20.8 Å². The summed E-state index contributed by atoms with van der Waals surface area (Å²) in [5, 5.41) is 2.66. The van der Waals surface area contributed by atoms with E-state index in [-0.39, 0.29) is 29.7 Å². The van der Waals surface area contributed by atoms with Crippen LogP contribution in [0, 0.1) is 12.8 Å². The Bertz CT molecular complexity index is 532. The third-order valence-electron chi connectivity index (χ3n) is 2.89. The van der Waals surface area contributed by atoms with Gasteiger partial charge in [0.2, 0.25) is 5.91 Å². The number of amides is 1. The molecule has 0 saturated carbocycles. The van der Waals surface area contributed by atoms with Crippen LogP contribution < -0.4 is 10.9 Å². The lowest BCUT2D eigenvalue weighted by molar-refractivity contribution is -0.128. The number of ketones is 1. The van der Waals surface area contributed by atoms with Gasteiger partial charge in [0.05, 0.1) is 6.04 Å². The Hall–Kier alpha value is -1.91. The lowest BCUT2D eigenvalue weighted by Gasteiger charge is -2.19. The second-order valence-corrected chi connectivity index (χ2v) is 5.07. The zero-order valence-electron chi connectivity index (χ0n) is 11.8. The molecular weight excluding hydrogens is 244 g/mol. The molecule has 0 radical (unpaired) electrons. The van der Waals surface area contributed by atoms with E-state index in [0.29, 0.717) is 0 Å². The number of hydrogen-bond acceptors (Lipinski definition) is 3. The standard InChI is InChI=1S/C14H20N2O3/c1-9(2)14(11(4)17)15-12(18)8-16-6-5-10(3)7-13(16)19/h5-7,9,14H,8H2,1-4H3,(H,15,18). The number of pyridine rings is 1. The number of carbonyl (C=O) groups excluding carboxylic acids is 2. The van der Waals surface area contributed by atoms with Crippen LogP contribution in [0.2, 0.25) is 0 Å². The van der Waals surface area contributed by atoms with Crippen molar-refractivity contribution in [3.63, 3.8) is 0 Å². The van der Waals surface area contributed by atoms with E-state index in [0.717, 1.165) is 5.56 Å². The molecule has 1 unspecified atom stereocenters. The Morgan fingerprint density at radius 3 is 2.47 bits per heavy atom. The van der Waals surface area contributed by atoms with E-state index in [1.54, 1.807) is 12.3 Å². The predicted molar refractivity (Wildman–Crippen MR) is 72.9 cm³/mol. The number of hydrogen-bond donors (Lipinski definition) is 1. The Morgan fingerprint density at radius 2 is 2.00 bits per heavy atom. The quantitative estimate of drug-likeness (QED) is 0.858. The first-order chi connectivity index (χ1) is 8.81. The van der Waals surface area contributed by atoms with Gasteiger partial charge >= 0.3 is 0 Å². The highest BCUT2D eigenvalue weighted by Gasteiger charge is 2.20. The van der Waals surface area contributed by atoms with E-state index in [1.165, 1.54) is 17.6 Å². The van der Waals surface area contributed by atoms with Crippen LogP contribution in [0.3, 0.4) is 0 Å². The number of Topliss-reactive ketones (excluding diaryl/α,β-unsaturated/α-hetero) is 1. The molecule has 0 bridgehead atoms. The maximum Gasteiger partial charge on any atom is 0.251 e. The summed E-state index contributed by atoms with van der Waals surface area (Å²) in [5.41, 5.74) is 0.629. The van der Waals surface area contributed by atoms with Crippen molar-refractivity contribution in [2.75, 3.05) is 0 Å². The fourth-order valence-electron chi connectivity index (χ4n) is 1.85. The molecule has 104 valence electrons. The molecule has 1 N–H and O–H groups in total. The van der Waals surface area contributed by atoms with Crippen LogP contribution >= 0.6 is 0 Å². The molecule has 1 aromatic heterocycles. The van der Waals surface area contributed by atoms with Crippen LogP contribution in [0.25, 0.3) is 0 Å². The number of rotatable bonds is 5. The highest BCUT2D eigenvalue weighted by molar-refractivity contribution is 5.87. The molecule has 1 aromatic rings. The van der Waals surface area contributed by atoms with Crippen LogP contribution in [0.5, 0.6) is 0 Å². The van der Waals surface area contributed by atoms with Crippen LogP contribution in [0.4, 0.5) is 0 Å². The van der Waals surface area contributed by atoms with Gasteiger partial charge < -0.3 is 9.88 Å². The monoisotopic (exact) mass is 264 g/mol. The normalized spacial score (nSPS) is 12.3. The van der Waals surface area contributed by atoms with E-state index in [4.69, 9.17) is 0 Å². The number of nitrogens with one attached hydrogen (secondary N) is 1. The lowest BCUT2D eigenvalue weighted by atomic mass is 10.0. The Labute approximate surface area is 112 Å². The Kier molecular flexibility index (Phi) is 5.03. The zero-order chi connectivity index (χ0) is 14.6. The molecule has 1 heterocycles. The summed E-state index contributed by atoms with van der Waals surface area (Å²) in [6, 6.07) is 2.73. The number of aromatic nitrogens is 1. The first kappa shape index (κ1) is 15.1. The van der Waals surface area contributed by atoms with Gasteiger partial charge in [-0.25, -0.2) is 0 Å². The maximum atomic E-state index is 11.8. The van der Waals surface area contributed by atoms with E-state index in [2.05, 4.69) is 5.32 Å². The van der Waals surface area contributed by atoms with Gasteiger partial charge in [0.15, 0.2) is 5.78 Å². The van der Waals surface area contributed by atoms with Crippen molar-refractivity contribution in [3.8, 4) is 0 Å². The van der Waals surface area contributed by atoms with Gasteiger partial charge in [-0.1, -0.05) is 13.8 Å². The molecule has 0 aliphatic carbocycles. The SMILES string of the molecule is CC(=O)C(NC(=O)Cn1ccc(C)cc1=O)C(C)C. The minimum atomic E-state index is -0.506. The van der Waals surface area contributed by atoms with Crippen molar-refractivity contribution in [1.82, 2.24) is 9.88 Å². The summed E-state index contributed by atoms with van der Waals surface area (Å²) >= 11 is 0. The molecule has 5 nitrogen and oxygen atoms in total. The van der Waals surface area contributed by atoms with Crippen LogP contribution in [-0.2, 0) is 16.1 Å². The van der Waals surface area contributed by atoms with Crippen LogP contribution in [-0.4, -0.2) is 22.3 Å². The Balaban J connectivity index is 2.75. The van der Waals surface area contributed by atoms with Crippen molar-refractivity contribution in [2.45, 2.75) is 40.3 Å². The zero-order valence-corrected chi connectivity index (χ0v) is 11.8. The highest BCUT2D eigenvalue weighted by Crippen LogP contribution is 2.02. The largest absolute Gasteiger partial charge is 0.344 e. The van der Waals surface area contributed by atoms with E-state index in [9.17, 15) is 14.4 Å². The van der Waals surface area contributed by atoms with Gasteiger partial charge in [-0.3, -0.25) is 14.4 Å². The summed E-state index contributed by atoms with van der Waals surface area (Å²) in [5.74, 6) is -0.393. The second-order valence-electron chi connectivity index (χ2n) is 5.07. The van der Waals surface area contributed by atoms with E-state index < -0.39 is 6.04 Å². The fourth-order valence-corrected chi connectivity index (χ4v) is 1.85. The first-order valence-corrected chi connectivity index (χ1v) is 6.28. The molecule has 0 aliphatic heterocycles. The predicted octanol–water partition coefficient (Wildman–Crippen LogP) is 0.887. The smallest absolute Gasteiger partial charge is 0.251 e. The molecule has 1 amide bonds. The van der Waals surface area contributed by atoms with Crippen LogP contribution in [0.1, 0.15) is 26.3 Å². The number of nitrogens with zero attached hydrogens (tertiary/aromatic N) is 1. The molecule has 0 aromatic carbocycles. The second kappa shape index (κ2) is 6.31. The van der Waals surface area contributed by atoms with Crippen molar-refractivity contribution in [3.05, 3.63) is 34.2 Å². The average molecular weight is 264 g/mol.